The van der Waals surface area contributed by atoms with E-state index in [2.05, 4.69) is 40.1 Å². The van der Waals surface area contributed by atoms with E-state index >= 15 is 0 Å². The van der Waals surface area contributed by atoms with Gasteiger partial charge in [0.2, 0.25) is 0 Å². The van der Waals surface area contributed by atoms with E-state index in [4.69, 9.17) is 0 Å². The van der Waals surface area contributed by atoms with Gasteiger partial charge in [0.05, 0.1) is 17.9 Å². The molecule has 0 radical (unpaired) electrons. The van der Waals surface area contributed by atoms with Crippen LogP contribution in [0, 0.1) is 0 Å². The Morgan fingerprint density at radius 2 is 2.32 bits per heavy atom. The summed E-state index contributed by atoms with van der Waals surface area (Å²) in [5.74, 6) is 0. The Labute approximate surface area is 120 Å². The number of hydrogen-bond donors (Lipinski definition) is 1. The lowest BCUT2D eigenvalue weighted by Crippen LogP contribution is -2.24. The van der Waals surface area contributed by atoms with Gasteiger partial charge in [0, 0.05) is 21.3 Å². The molecule has 0 aliphatic heterocycles. The van der Waals surface area contributed by atoms with Crippen LogP contribution < -0.4 is 5.32 Å². The van der Waals surface area contributed by atoms with E-state index in [1.807, 2.05) is 29.3 Å². The molecule has 3 aromatic rings. The zero-order valence-corrected chi connectivity index (χ0v) is 12.6. The molecule has 0 fully saturated rings. The normalized spacial score (nSPS) is 13.2. The van der Waals surface area contributed by atoms with Crippen molar-refractivity contribution in [2.24, 2.45) is 7.05 Å². The predicted octanol–water partition coefficient (Wildman–Crippen LogP) is 3.18. The van der Waals surface area contributed by atoms with E-state index < -0.39 is 0 Å². The second-order valence-corrected chi connectivity index (χ2v) is 6.53. The quantitative estimate of drug-likeness (QED) is 0.785. The molecule has 3 rings (SSSR count). The molecule has 0 spiro atoms. The van der Waals surface area contributed by atoms with Gasteiger partial charge in [-0.25, -0.2) is 0 Å². The van der Waals surface area contributed by atoms with Crippen LogP contribution in [0.5, 0.6) is 0 Å². The summed E-state index contributed by atoms with van der Waals surface area (Å²) in [6, 6.07) is 4.65. The van der Waals surface area contributed by atoms with Crippen molar-refractivity contribution in [3.05, 3.63) is 34.3 Å². The number of nitrogens with zero attached hydrogens (tertiary/aromatic N) is 3. The summed E-state index contributed by atoms with van der Waals surface area (Å²) in [5.41, 5.74) is 1.11. The Morgan fingerprint density at radius 1 is 1.42 bits per heavy atom. The molecule has 4 nitrogen and oxygen atoms in total. The molecule has 1 N–H and O–H groups in total. The number of hydrogen-bond acceptors (Lipinski definition) is 5. The number of aryl methyl sites for hydroxylation is 1. The first-order valence-corrected chi connectivity index (χ1v) is 8.04. The number of fused-ring (bicyclic) bond motifs is 1. The van der Waals surface area contributed by atoms with Gasteiger partial charge in [0.15, 0.2) is 0 Å². The Kier molecular flexibility index (Phi) is 3.63. The van der Waals surface area contributed by atoms with Crippen LogP contribution in [0.1, 0.15) is 30.0 Å². The largest absolute Gasteiger partial charge is 0.304 e. The maximum atomic E-state index is 4.05. The summed E-state index contributed by atoms with van der Waals surface area (Å²) in [6.07, 6.45) is 2.96. The van der Waals surface area contributed by atoms with E-state index in [0.717, 1.165) is 18.7 Å². The average Bonchev–Trinajstić information content (AvgIpc) is 3.06. The lowest BCUT2D eigenvalue weighted by molar-refractivity contribution is 0.556. The zero-order valence-electron chi connectivity index (χ0n) is 11.0. The van der Waals surface area contributed by atoms with Crippen LogP contribution in [0.3, 0.4) is 0 Å². The molecule has 0 aliphatic carbocycles. The van der Waals surface area contributed by atoms with Crippen molar-refractivity contribution in [3.63, 3.8) is 0 Å². The smallest absolute Gasteiger partial charge is 0.0858 e. The van der Waals surface area contributed by atoms with Gasteiger partial charge in [0.25, 0.3) is 0 Å². The minimum absolute atomic E-state index is 0.185. The summed E-state index contributed by atoms with van der Waals surface area (Å²) in [7, 11) is 1.94. The lowest BCUT2D eigenvalue weighted by Gasteiger charge is -2.16. The molecule has 0 saturated carbocycles. The fourth-order valence-electron chi connectivity index (χ4n) is 2.13. The lowest BCUT2D eigenvalue weighted by atomic mass is 10.1. The summed E-state index contributed by atoms with van der Waals surface area (Å²) >= 11 is 3.64. The molecule has 0 saturated heterocycles. The van der Waals surface area contributed by atoms with Crippen molar-refractivity contribution in [2.75, 3.05) is 6.54 Å². The predicted molar refractivity (Wildman–Crippen MR) is 80.8 cm³/mol. The molecular weight excluding hydrogens is 276 g/mol. The highest BCUT2D eigenvalue weighted by atomic mass is 32.1. The van der Waals surface area contributed by atoms with Crippen molar-refractivity contribution in [1.82, 2.24) is 20.3 Å². The molecule has 1 unspecified atom stereocenters. The first-order valence-electron chi connectivity index (χ1n) is 6.34. The number of nitrogens with one attached hydrogen (secondary N) is 1. The monoisotopic (exact) mass is 292 g/mol. The molecule has 1 atom stereocenters. The minimum Gasteiger partial charge on any atom is -0.304 e. The van der Waals surface area contributed by atoms with E-state index in [1.54, 1.807) is 11.3 Å². The third-order valence-corrected chi connectivity index (χ3v) is 5.24. The number of aromatic nitrogens is 3. The molecule has 3 aromatic heterocycles. The molecule has 0 bridgehead atoms. The van der Waals surface area contributed by atoms with E-state index in [-0.39, 0.29) is 6.04 Å². The highest BCUT2D eigenvalue weighted by molar-refractivity contribution is 7.27. The molecule has 19 heavy (non-hydrogen) atoms. The van der Waals surface area contributed by atoms with Gasteiger partial charge in [-0.1, -0.05) is 12.1 Å². The van der Waals surface area contributed by atoms with Crippen molar-refractivity contribution in [2.45, 2.75) is 19.4 Å². The number of thiophene rings is 2. The highest BCUT2D eigenvalue weighted by Gasteiger charge is 2.20. The Balaban J connectivity index is 1.98. The standard InChI is InChI=1S/C13H16N4S2/c1-3-5-14-13(9-8-15-16-17(9)2)12-7-11-10(19-12)4-6-18-11/h4,6-8,13-14H,3,5H2,1-2H3. The van der Waals surface area contributed by atoms with Crippen LogP contribution in [0.2, 0.25) is 0 Å². The molecular formula is C13H16N4S2. The van der Waals surface area contributed by atoms with Crippen molar-refractivity contribution in [3.8, 4) is 0 Å². The van der Waals surface area contributed by atoms with Crippen LogP contribution in [-0.4, -0.2) is 21.5 Å². The SMILES string of the molecule is CCCNC(c1cc2sccc2s1)c1cnnn1C. The van der Waals surface area contributed by atoms with Crippen LogP contribution >= 0.6 is 22.7 Å². The van der Waals surface area contributed by atoms with Gasteiger partial charge in [-0.15, -0.1) is 27.8 Å². The fraction of sp³-hybridized carbons (Fsp3) is 0.385. The first-order chi connectivity index (χ1) is 9.29. The van der Waals surface area contributed by atoms with Crippen LogP contribution in [0.4, 0.5) is 0 Å². The molecule has 0 aliphatic rings. The summed E-state index contributed by atoms with van der Waals surface area (Å²) in [6.45, 7) is 3.17. The topological polar surface area (TPSA) is 42.7 Å². The Morgan fingerprint density at radius 3 is 3.00 bits per heavy atom. The van der Waals surface area contributed by atoms with E-state index in [1.165, 1.54) is 14.3 Å². The molecule has 0 aromatic carbocycles. The van der Waals surface area contributed by atoms with Crippen molar-refractivity contribution < 1.29 is 0 Å². The van der Waals surface area contributed by atoms with Gasteiger partial charge < -0.3 is 5.32 Å². The van der Waals surface area contributed by atoms with Gasteiger partial charge >= 0.3 is 0 Å². The molecule has 0 amide bonds. The van der Waals surface area contributed by atoms with Gasteiger partial charge in [-0.2, -0.15) is 0 Å². The minimum atomic E-state index is 0.185. The summed E-state index contributed by atoms with van der Waals surface area (Å²) in [4.78, 5) is 1.33. The van der Waals surface area contributed by atoms with Crippen LogP contribution in [-0.2, 0) is 7.05 Å². The van der Waals surface area contributed by atoms with Gasteiger partial charge in [0.1, 0.15) is 0 Å². The fourth-order valence-corrected chi connectivity index (χ4v) is 4.33. The van der Waals surface area contributed by atoms with Gasteiger partial charge in [-0.3, -0.25) is 4.68 Å². The van der Waals surface area contributed by atoms with Gasteiger partial charge in [-0.05, 0) is 30.5 Å². The zero-order chi connectivity index (χ0) is 13.2. The van der Waals surface area contributed by atoms with Crippen molar-refractivity contribution >= 4 is 32.1 Å². The third kappa shape index (κ3) is 2.43. The van der Waals surface area contributed by atoms with Crippen molar-refractivity contribution in [1.29, 1.82) is 0 Å². The summed E-state index contributed by atoms with van der Waals surface area (Å²) in [5, 5.41) is 13.8. The van der Waals surface area contributed by atoms with E-state index in [0.29, 0.717) is 0 Å². The average molecular weight is 292 g/mol. The maximum Gasteiger partial charge on any atom is 0.0858 e. The first kappa shape index (κ1) is 12.8. The molecule has 100 valence electrons. The molecule has 3 heterocycles. The second kappa shape index (κ2) is 5.40. The van der Waals surface area contributed by atoms with E-state index in [9.17, 15) is 0 Å². The highest BCUT2D eigenvalue weighted by Crippen LogP contribution is 2.35. The maximum absolute atomic E-state index is 4.05. The van der Waals surface area contributed by atoms with Crippen LogP contribution in [0.25, 0.3) is 9.40 Å². The second-order valence-electron chi connectivity index (χ2n) is 4.47. The third-order valence-electron chi connectivity index (χ3n) is 3.09. The van der Waals surface area contributed by atoms with Crippen LogP contribution in [0.15, 0.2) is 23.7 Å². The Hall–Kier alpha value is -1.24. The summed E-state index contributed by atoms with van der Waals surface area (Å²) < 4.78 is 4.57. The Bertz CT molecular complexity index is 638. The molecule has 6 heteroatoms. The number of rotatable bonds is 5.